The van der Waals surface area contributed by atoms with Gasteiger partial charge in [-0.1, -0.05) is 20.8 Å². The summed E-state index contributed by atoms with van der Waals surface area (Å²) < 4.78 is 2.03. The van der Waals surface area contributed by atoms with Crippen molar-refractivity contribution in [3.8, 4) is 5.82 Å². The summed E-state index contributed by atoms with van der Waals surface area (Å²) in [6.45, 7) is 9.05. The number of imidazole rings is 1. The largest absolute Gasteiger partial charge is 0.379 e. The van der Waals surface area contributed by atoms with Crippen molar-refractivity contribution in [2.45, 2.75) is 46.6 Å². The minimum atomic E-state index is 0.421. The Morgan fingerprint density at radius 3 is 2.67 bits per heavy atom. The van der Waals surface area contributed by atoms with Crippen LogP contribution in [-0.4, -0.2) is 20.6 Å². The van der Waals surface area contributed by atoms with E-state index in [1.807, 2.05) is 36.1 Å². The van der Waals surface area contributed by atoms with E-state index in [2.05, 4.69) is 42.1 Å². The van der Waals surface area contributed by atoms with Gasteiger partial charge in [-0.2, -0.15) is 0 Å². The van der Waals surface area contributed by atoms with Gasteiger partial charge in [-0.3, -0.25) is 4.57 Å². The van der Waals surface area contributed by atoms with Crippen LogP contribution in [0.3, 0.4) is 0 Å². The normalized spacial score (nSPS) is 24.2. The number of nitrogens with one attached hydrogen (secondary N) is 1. The van der Waals surface area contributed by atoms with Crippen molar-refractivity contribution < 1.29 is 0 Å². The lowest BCUT2D eigenvalue weighted by molar-refractivity contribution is 0.366. The van der Waals surface area contributed by atoms with E-state index in [0.717, 1.165) is 17.3 Å². The highest BCUT2D eigenvalue weighted by atomic mass is 15.1. The zero-order chi connectivity index (χ0) is 15.0. The first-order valence-electron chi connectivity index (χ1n) is 7.68. The minimum absolute atomic E-state index is 0.421. The lowest BCUT2D eigenvalue weighted by atomic mass is 9.91. The molecule has 1 aliphatic carbocycles. The third-order valence-corrected chi connectivity index (χ3v) is 4.52. The second-order valence-corrected chi connectivity index (χ2v) is 7.02. The van der Waals surface area contributed by atoms with Crippen LogP contribution < -0.4 is 5.32 Å². The first-order valence-corrected chi connectivity index (χ1v) is 7.68. The fourth-order valence-corrected chi connectivity index (χ4v) is 3.59. The molecule has 112 valence electrons. The van der Waals surface area contributed by atoms with Gasteiger partial charge in [0.05, 0.1) is 5.69 Å². The van der Waals surface area contributed by atoms with E-state index >= 15 is 0 Å². The highest BCUT2D eigenvalue weighted by Gasteiger charge is 2.36. The van der Waals surface area contributed by atoms with Crippen LogP contribution in [0.4, 0.5) is 5.69 Å². The number of pyridine rings is 1. The van der Waals surface area contributed by atoms with Crippen molar-refractivity contribution in [1.82, 2.24) is 14.5 Å². The van der Waals surface area contributed by atoms with Gasteiger partial charge in [0.15, 0.2) is 5.82 Å². The molecule has 1 fully saturated rings. The van der Waals surface area contributed by atoms with Crippen LogP contribution >= 0.6 is 0 Å². The molecule has 0 radical (unpaired) electrons. The summed E-state index contributed by atoms with van der Waals surface area (Å²) in [5, 5.41) is 3.72. The Morgan fingerprint density at radius 2 is 2.05 bits per heavy atom. The van der Waals surface area contributed by atoms with Crippen LogP contribution in [0.2, 0.25) is 0 Å². The van der Waals surface area contributed by atoms with Gasteiger partial charge in [-0.25, -0.2) is 9.97 Å². The molecular weight excluding hydrogens is 260 g/mol. The lowest BCUT2D eigenvalue weighted by Crippen LogP contribution is -2.23. The van der Waals surface area contributed by atoms with Gasteiger partial charge in [-0.15, -0.1) is 0 Å². The molecule has 0 spiro atoms. The standard InChI is InChI=1S/C17H24N4/c1-12-10-17(3,4)11-15(12)20-14-6-5-7-19-16(14)21-9-8-18-13(21)2/h5-9,12,15,20H,10-11H2,1-4H3. The summed E-state index contributed by atoms with van der Waals surface area (Å²) >= 11 is 0. The van der Waals surface area contributed by atoms with Crippen molar-refractivity contribution >= 4 is 5.69 Å². The van der Waals surface area contributed by atoms with Crippen LogP contribution in [0.25, 0.3) is 5.82 Å². The third kappa shape index (κ3) is 2.80. The smallest absolute Gasteiger partial charge is 0.161 e. The molecule has 0 aromatic carbocycles. The van der Waals surface area contributed by atoms with Crippen LogP contribution in [-0.2, 0) is 0 Å². The highest BCUT2D eigenvalue weighted by molar-refractivity contribution is 5.57. The van der Waals surface area contributed by atoms with Gasteiger partial charge in [-0.05, 0) is 43.2 Å². The fourth-order valence-electron chi connectivity index (χ4n) is 3.59. The molecule has 1 saturated carbocycles. The summed E-state index contributed by atoms with van der Waals surface area (Å²) in [5.74, 6) is 2.57. The van der Waals surface area contributed by atoms with Crippen molar-refractivity contribution in [2.75, 3.05) is 5.32 Å². The highest BCUT2D eigenvalue weighted by Crippen LogP contribution is 2.42. The van der Waals surface area contributed by atoms with E-state index < -0.39 is 0 Å². The molecule has 0 bridgehead atoms. The van der Waals surface area contributed by atoms with Gasteiger partial charge in [0.1, 0.15) is 5.82 Å². The Balaban J connectivity index is 1.89. The summed E-state index contributed by atoms with van der Waals surface area (Å²) in [6, 6.07) is 4.61. The third-order valence-electron chi connectivity index (χ3n) is 4.52. The second-order valence-electron chi connectivity index (χ2n) is 7.02. The Kier molecular flexibility index (Phi) is 3.47. The SMILES string of the molecule is Cc1nccn1-c1ncccc1NC1CC(C)(C)CC1C. The van der Waals surface area contributed by atoms with E-state index in [1.165, 1.54) is 12.8 Å². The van der Waals surface area contributed by atoms with Gasteiger partial charge < -0.3 is 5.32 Å². The molecule has 0 amide bonds. The molecule has 2 aromatic heterocycles. The molecule has 21 heavy (non-hydrogen) atoms. The molecule has 1 aliphatic rings. The minimum Gasteiger partial charge on any atom is -0.379 e. The number of rotatable bonds is 3. The number of anilines is 1. The maximum Gasteiger partial charge on any atom is 0.161 e. The number of aromatic nitrogens is 3. The van der Waals surface area contributed by atoms with Crippen molar-refractivity contribution in [3.05, 3.63) is 36.5 Å². The molecule has 0 aliphatic heterocycles. The van der Waals surface area contributed by atoms with E-state index in [0.29, 0.717) is 17.4 Å². The Morgan fingerprint density at radius 1 is 1.24 bits per heavy atom. The van der Waals surface area contributed by atoms with Gasteiger partial charge in [0, 0.05) is 24.6 Å². The van der Waals surface area contributed by atoms with E-state index in [1.54, 1.807) is 0 Å². The van der Waals surface area contributed by atoms with Crippen LogP contribution in [0.15, 0.2) is 30.7 Å². The van der Waals surface area contributed by atoms with Gasteiger partial charge in [0.2, 0.25) is 0 Å². The average Bonchev–Trinajstić information content (AvgIpc) is 2.94. The molecule has 4 heteroatoms. The summed E-state index contributed by atoms with van der Waals surface area (Å²) in [4.78, 5) is 8.85. The summed E-state index contributed by atoms with van der Waals surface area (Å²) in [7, 11) is 0. The molecule has 1 N–H and O–H groups in total. The number of hydrogen-bond acceptors (Lipinski definition) is 3. The Labute approximate surface area is 126 Å². The van der Waals surface area contributed by atoms with Crippen molar-refractivity contribution in [2.24, 2.45) is 11.3 Å². The van der Waals surface area contributed by atoms with Crippen LogP contribution in [0.1, 0.15) is 39.4 Å². The zero-order valence-corrected chi connectivity index (χ0v) is 13.3. The average molecular weight is 284 g/mol. The predicted molar refractivity (Wildman–Crippen MR) is 85.7 cm³/mol. The van der Waals surface area contributed by atoms with Crippen LogP contribution in [0, 0.1) is 18.3 Å². The first kappa shape index (κ1) is 14.1. The molecule has 2 heterocycles. The number of hydrogen-bond donors (Lipinski definition) is 1. The van der Waals surface area contributed by atoms with Crippen molar-refractivity contribution in [1.29, 1.82) is 0 Å². The molecule has 2 unspecified atom stereocenters. The molecule has 2 aromatic rings. The van der Waals surface area contributed by atoms with Crippen molar-refractivity contribution in [3.63, 3.8) is 0 Å². The second kappa shape index (κ2) is 5.17. The molecular formula is C17H24N4. The first-order chi connectivity index (χ1) is 9.96. The van der Waals surface area contributed by atoms with E-state index in [9.17, 15) is 0 Å². The molecule has 4 nitrogen and oxygen atoms in total. The van der Waals surface area contributed by atoms with Crippen LogP contribution in [0.5, 0.6) is 0 Å². The predicted octanol–water partition coefficient (Wildman–Crippen LogP) is 3.81. The summed E-state index contributed by atoms with van der Waals surface area (Å²) in [6.07, 6.45) is 8.08. The monoisotopic (exact) mass is 284 g/mol. The van der Waals surface area contributed by atoms with E-state index in [4.69, 9.17) is 0 Å². The summed E-state index contributed by atoms with van der Waals surface area (Å²) in [5.41, 5.74) is 1.51. The Bertz CT molecular complexity index is 629. The zero-order valence-electron chi connectivity index (χ0n) is 13.3. The topological polar surface area (TPSA) is 42.7 Å². The van der Waals surface area contributed by atoms with Gasteiger partial charge in [0.25, 0.3) is 0 Å². The number of aryl methyl sites for hydroxylation is 1. The van der Waals surface area contributed by atoms with Gasteiger partial charge >= 0.3 is 0 Å². The maximum atomic E-state index is 4.55. The Hall–Kier alpha value is -1.84. The molecule has 3 rings (SSSR count). The fraction of sp³-hybridized carbons (Fsp3) is 0.529. The number of nitrogens with zero attached hydrogens (tertiary/aromatic N) is 3. The maximum absolute atomic E-state index is 4.55. The molecule has 0 saturated heterocycles. The molecule has 2 atom stereocenters. The van der Waals surface area contributed by atoms with E-state index in [-0.39, 0.29) is 0 Å². The lowest BCUT2D eigenvalue weighted by Gasteiger charge is -2.21. The quantitative estimate of drug-likeness (QED) is 0.932.